The molecule has 0 aliphatic carbocycles. The van der Waals surface area contributed by atoms with Crippen LogP contribution >= 0.6 is 0 Å². The summed E-state index contributed by atoms with van der Waals surface area (Å²) in [5.74, 6) is 0. The molecule has 48 heavy (non-hydrogen) atoms. The molecule has 0 saturated heterocycles. The van der Waals surface area contributed by atoms with E-state index in [0.29, 0.717) is 28.1 Å². The normalized spacial score (nSPS) is 15.5. The molecule has 1 aromatic heterocycles. The van der Waals surface area contributed by atoms with E-state index in [9.17, 15) is 9.60 Å². The molecule has 0 aliphatic heterocycles. The summed E-state index contributed by atoms with van der Waals surface area (Å²) in [6.45, 7) is 0. The minimum atomic E-state index is -0.661. The first-order valence-electron chi connectivity index (χ1n) is 21.9. The van der Waals surface area contributed by atoms with E-state index in [-0.39, 0.29) is 48.8 Å². The lowest BCUT2D eigenvalue weighted by molar-refractivity contribution is 0.669. The van der Waals surface area contributed by atoms with E-state index >= 15 is 0 Å². The predicted octanol–water partition coefficient (Wildman–Crippen LogP) is 13.3. The van der Waals surface area contributed by atoms with E-state index in [1.54, 1.807) is 17.0 Å². The Hall–Kier alpha value is -6.38. The average Bonchev–Trinajstić information content (AvgIpc) is 3.65. The van der Waals surface area contributed by atoms with E-state index < -0.39 is 78.6 Å². The van der Waals surface area contributed by atoms with E-state index in [4.69, 9.17) is 12.6 Å². The van der Waals surface area contributed by atoms with Crippen molar-refractivity contribution in [3.05, 3.63) is 176 Å². The second-order valence-corrected chi connectivity index (χ2v) is 11.5. The van der Waals surface area contributed by atoms with Gasteiger partial charge in [-0.2, -0.15) is 0 Å². The van der Waals surface area contributed by atoms with Crippen LogP contribution in [0.15, 0.2) is 180 Å². The van der Waals surface area contributed by atoms with E-state index in [0.717, 1.165) is 16.3 Å². The van der Waals surface area contributed by atoms with Gasteiger partial charge in [0.1, 0.15) is 11.2 Å². The van der Waals surface area contributed by atoms with Crippen molar-refractivity contribution in [2.75, 3.05) is 4.90 Å². The highest BCUT2D eigenvalue weighted by Gasteiger charge is 2.23. The first-order chi connectivity index (χ1) is 29.2. The number of para-hydroxylation sites is 2. The fourth-order valence-corrected chi connectivity index (χ4v) is 6.71. The van der Waals surface area contributed by atoms with Crippen LogP contribution in [0.1, 0.15) is 17.8 Å². The summed E-state index contributed by atoms with van der Waals surface area (Å²) >= 11 is 0. The fraction of sp³-hybridized carbons (Fsp3) is 0. The Morgan fingerprint density at radius 2 is 1.12 bits per heavy atom. The van der Waals surface area contributed by atoms with Crippen molar-refractivity contribution in [2.24, 2.45) is 0 Å². The summed E-state index contributed by atoms with van der Waals surface area (Å²) < 4.78 is 125. The molecule has 0 amide bonds. The summed E-state index contributed by atoms with van der Waals surface area (Å²) in [5, 5.41) is -0.141. The van der Waals surface area contributed by atoms with Crippen molar-refractivity contribution in [2.45, 2.75) is 0 Å². The quantitative estimate of drug-likeness (QED) is 0.181. The Kier molecular flexibility index (Phi) is 3.74. The summed E-state index contributed by atoms with van der Waals surface area (Å²) in [5.41, 5.74) is 3.43. The summed E-state index contributed by atoms with van der Waals surface area (Å²) in [6.07, 6.45) is 0. The van der Waals surface area contributed by atoms with E-state index in [2.05, 4.69) is 0 Å². The van der Waals surface area contributed by atoms with Gasteiger partial charge in [-0.1, -0.05) is 139 Å². The number of benzene rings is 9. The molecule has 2 nitrogen and oxygen atoms in total. The van der Waals surface area contributed by atoms with Crippen LogP contribution in [-0.2, 0) is 0 Å². The standard InChI is InChI=1S/C46H29NO/c1-2-12-30(13-3-1)35-16-8-10-20-41(35)47(34-25-27-39-38-19-9-11-21-43(38)48-44(39)29-34)42-28-33-23-22-31-14-4-6-17-36(31)45(33)46-37-18-7-5-15-32(37)24-26-40(42)46/h1-29H/i4D,5D,6D,7D,14D,15D,17D,18D,22D,23D,24D,26D,28D. The highest BCUT2D eigenvalue weighted by Crippen LogP contribution is 2.48. The van der Waals surface area contributed by atoms with Gasteiger partial charge in [-0.25, -0.2) is 0 Å². The Morgan fingerprint density at radius 1 is 0.458 bits per heavy atom. The zero-order chi connectivity index (χ0) is 42.9. The fourth-order valence-electron chi connectivity index (χ4n) is 6.71. The molecule has 9 aromatic carbocycles. The van der Waals surface area contributed by atoms with Gasteiger partial charge in [0.25, 0.3) is 0 Å². The third kappa shape index (κ3) is 4.06. The third-order valence-electron chi connectivity index (χ3n) is 8.80. The van der Waals surface area contributed by atoms with Gasteiger partial charge in [0.05, 0.1) is 29.2 Å². The predicted molar refractivity (Wildman–Crippen MR) is 204 cm³/mol. The molecule has 0 unspecified atom stereocenters. The van der Waals surface area contributed by atoms with E-state index in [1.807, 2.05) is 84.9 Å². The molecule has 0 atom stereocenters. The highest BCUT2D eigenvalue weighted by atomic mass is 16.3. The minimum Gasteiger partial charge on any atom is -0.456 e. The number of hydrogen-bond donors (Lipinski definition) is 0. The minimum absolute atomic E-state index is 0.0674. The van der Waals surface area contributed by atoms with Gasteiger partial charge >= 0.3 is 0 Å². The summed E-state index contributed by atoms with van der Waals surface area (Å²) in [7, 11) is 0. The zero-order valence-corrected chi connectivity index (χ0v) is 25.1. The van der Waals surface area contributed by atoms with Crippen molar-refractivity contribution in [1.82, 2.24) is 0 Å². The van der Waals surface area contributed by atoms with Crippen molar-refractivity contribution in [3.63, 3.8) is 0 Å². The first-order valence-corrected chi connectivity index (χ1v) is 15.4. The van der Waals surface area contributed by atoms with Gasteiger partial charge in [0.2, 0.25) is 0 Å². The Bertz CT molecular complexity index is 3590. The van der Waals surface area contributed by atoms with Gasteiger partial charge in [-0.05, 0) is 68.2 Å². The highest BCUT2D eigenvalue weighted by molar-refractivity contribution is 6.30. The first kappa shape index (κ1) is 17.0. The van der Waals surface area contributed by atoms with Gasteiger partial charge in [0.15, 0.2) is 0 Å². The van der Waals surface area contributed by atoms with Crippen molar-refractivity contribution < 1.29 is 22.2 Å². The van der Waals surface area contributed by atoms with Crippen molar-refractivity contribution in [1.29, 1.82) is 0 Å². The molecule has 0 aliphatic rings. The van der Waals surface area contributed by atoms with Crippen LogP contribution in [0.4, 0.5) is 17.1 Å². The maximum absolute atomic E-state index is 10.2. The molecule has 224 valence electrons. The number of anilines is 3. The van der Waals surface area contributed by atoms with Gasteiger partial charge in [0, 0.05) is 38.9 Å². The van der Waals surface area contributed by atoms with Crippen LogP contribution in [0.3, 0.4) is 0 Å². The number of rotatable bonds is 4. The molecule has 0 fully saturated rings. The third-order valence-corrected chi connectivity index (χ3v) is 8.80. The topological polar surface area (TPSA) is 16.4 Å². The molecule has 1 heterocycles. The maximum Gasteiger partial charge on any atom is 0.137 e. The molecule has 10 rings (SSSR count). The Morgan fingerprint density at radius 3 is 1.98 bits per heavy atom. The lowest BCUT2D eigenvalue weighted by atomic mass is 9.91. The maximum atomic E-state index is 10.2. The van der Waals surface area contributed by atoms with Gasteiger partial charge in [-0.15, -0.1) is 0 Å². The van der Waals surface area contributed by atoms with Crippen LogP contribution in [0.5, 0.6) is 0 Å². The molecular weight excluding hydrogens is 583 g/mol. The summed E-state index contributed by atoms with van der Waals surface area (Å²) in [4.78, 5) is 1.70. The molecule has 10 aromatic rings. The smallest absolute Gasteiger partial charge is 0.137 e. The van der Waals surface area contributed by atoms with E-state index in [1.165, 1.54) is 0 Å². The van der Waals surface area contributed by atoms with Crippen LogP contribution in [0, 0.1) is 0 Å². The number of nitrogens with zero attached hydrogens (tertiary/aromatic N) is 1. The Labute approximate surface area is 296 Å². The SMILES string of the molecule is [2H]c1c([2H])c([2H])c2c(c1[2H])c([2H])c([2H])c1c([2H])c(N(c3ccc4c(c3)oc3ccccc34)c3ccccc3-c3ccccc3)c3c([2H])c([2H])c4c([2H])c([2H])c([2H])c([2H])c4c3c12. The molecule has 0 saturated carbocycles. The van der Waals surface area contributed by atoms with Gasteiger partial charge < -0.3 is 9.32 Å². The van der Waals surface area contributed by atoms with Crippen LogP contribution in [-0.4, -0.2) is 0 Å². The monoisotopic (exact) mass is 624 g/mol. The van der Waals surface area contributed by atoms with Crippen LogP contribution in [0.25, 0.3) is 76.2 Å². The lowest BCUT2D eigenvalue weighted by Crippen LogP contribution is -2.12. The second-order valence-electron chi connectivity index (χ2n) is 11.5. The average molecular weight is 625 g/mol. The molecule has 0 N–H and O–H groups in total. The number of furan rings is 1. The second kappa shape index (κ2) is 10.6. The lowest BCUT2D eigenvalue weighted by Gasteiger charge is -2.30. The van der Waals surface area contributed by atoms with Crippen LogP contribution < -0.4 is 4.90 Å². The summed E-state index contributed by atoms with van der Waals surface area (Å²) in [6, 6.07) is 22.1. The molecule has 0 bridgehead atoms. The number of fused-ring (bicyclic) bond motifs is 10. The number of hydrogen-bond acceptors (Lipinski definition) is 2. The largest absolute Gasteiger partial charge is 0.456 e. The molecular formula is C46H29NO. The van der Waals surface area contributed by atoms with Crippen molar-refractivity contribution >= 4 is 82.1 Å². The molecule has 2 heteroatoms. The molecule has 0 radical (unpaired) electrons. The zero-order valence-electron chi connectivity index (χ0n) is 38.1. The van der Waals surface area contributed by atoms with Gasteiger partial charge in [-0.3, -0.25) is 0 Å². The molecule has 0 spiro atoms. The Balaban J connectivity index is 1.52. The van der Waals surface area contributed by atoms with Crippen LogP contribution in [0.2, 0.25) is 0 Å². The van der Waals surface area contributed by atoms with Crippen molar-refractivity contribution in [3.8, 4) is 11.1 Å².